The monoisotopic (exact) mass is 325 g/mol. The number of halogens is 1. The molecule has 1 saturated carbocycles. The van der Waals surface area contributed by atoms with Crippen LogP contribution >= 0.6 is 15.9 Å². The number of nitrogens with one attached hydrogen (secondary N) is 1. The molecule has 0 unspecified atom stereocenters. The van der Waals surface area contributed by atoms with Gasteiger partial charge in [0, 0.05) is 23.7 Å². The third-order valence-electron chi connectivity index (χ3n) is 4.09. The molecule has 2 rings (SSSR count). The maximum absolute atomic E-state index is 5.08. The van der Waals surface area contributed by atoms with Crippen LogP contribution in [0.5, 0.6) is 0 Å². The maximum atomic E-state index is 5.08. The smallest absolute Gasteiger partial charge is 0.0462 e. The van der Waals surface area contributed by atoms with Gasteiger partial charge in [-0.3, -0.25) is 0 Å². The fraction of sp³-hybridized carbons (Fsp3) is 0.625. The lowest BCUT2D eigenvalue weighted by molar-refractivity contribution is 0.178. The first-order valence-corrected chi connectivity index (χ1v) is 8.06. The van der Waals surface area contributed by atoms with Gasteiger partial charge in [0.15, 0.2) is 0 Å². The summed E-state index contributed by atoms with van der Waals surface area (Å²) in [5.74, 6) is 0. The van der Waals surface area contributed by atoms with E-state index in [9.17, 15) is 0 Å². The zero-order valence-electron chi connectivity index (χ0n) is 11.8. The van der Waals surface area contributed by atoms with Gasteiger partial charge in [-0.1, -0.05) is 28.1 Å². The highest BCUT2D eigenvalue weighted by atomic mass is 79.9. The van der Waals surface area contributed by atoms with Crippen molar-refractivity contribution in [1.82, 2.24) is 5.32 Å². The molecule has 1 aliphatic carbocycles. The topological polar surface area (TPSA) is 21.3 Å². The predicted octanol–water partition coefficient (Wildman–Crippen LogP) is 4.23. The van der Waals surface area contributed by atoms with E-state index in [1.165, 1.54) is 44.1 Å². The average Bonchev–Trinajstić information content (AvgIpc) is 2.38. The Morgan fingerprint density at radius 2 is 1.89 bits per heavy atom. The fourth-order valence-corrected chi connectivity index (χ4v) is 3.01. The van der Waals surface area contributed by atoms with Gasteiger partial charge in [-0.2, -0.15) is 0 Å². The van der Waals surface area contributed by atoms with Gasteiger partial charge >= 0.3 is 0 Å². The number of benzene rings is 1. The molecule has 0 bridgehead atoms. The molecule has 1 N–H and O–H groups in total. The fourth-order valence-electron chi connectivity index (χ4n) is 2.74. The van der Waals surface area contributed by atoms with Crippen molar-refractivity contribution in [3.8, 4) is 0 Å². The summed E-state index contributed by atoms with van der Waals surface area (Å²) in [5.41, 5.74) is 1.70. The molecule has 106 valence electrons. The summed E-state index contributed by atoms with van der Waals surface area (Å²) in [6.07, 6.45) is 7.54. The third-order valence-corrected chi connectivity index (χ3v) is 4.62. The number of unbranched alkanes of at least 4 members (excludes halogenated alkanes) is 2. The lowest BCUT2D eigenvalue weighted by Crippen LogP contribution is -2.48. The van der Waals surface area contributed by atoms with Gasteiger partial charge in [-0.05, 0) is 62.8 Å². The van der Waals surface area contributed by atoms with E-state index in [-0.39, 0.29) is 5.54 Å². The number of methoxy groups -OCH3 is 1. The summed E-state index contributed by atoms with van der Waals surface area (Å²) in [6.45, 7) is 2.00. The van der Waals surface area contributed by atoms with Gasteiger partial charge in [-0.15, -0.1) is 0 Å². The average molecular weight is 326 g/mol. The molecular formula is C16H24BrNO. The van der Waals surface area contributed by atoms with E-state index in [1.807, 2.05) is 0 Å². The standard InChI is InChI=1S/C16H24BrNO/c1-19-13-4-2-3-12-18-16(10-5-11-16)14-6-8-15(17)9-7-14/h6-9,18H,2-5,10-13H2,1H3. The van der Waals surface area contributed by atoms with Crippen LogP contribution < -0.4 is 5.32 Å². The Balaban J connectivity index is 1.80. The Kier molecular flexibility index (Phi) is 5.86. The highest BCUT2D eigenvalue weighted by molar-refractivity contribution is 9.10. The lowest BCUT2D eigenvalue weighted by atomic mass is 9.72. The van der Waals surface area contributed by atoms with E-state index in [2.05, 4.69) is 45.5 Å². The maximum Gasteiger partial charge on any atom is 0.0462 e. The van der Waals surface area contributed by atoms with E-state index in [4.69, 9.17) is 4.74 Å². The first-order valence-electron chi connectivity index (χ1n) is 7.27. The van der Waals surface area contributed by atoms with Gasteiger partial charge in [0.25, 0.3) is 0 Å². The summed E-state index contributed by atoms with van der Waals surface area (Å²) in [6, 6.07) is 8.80. The summed E-state index contributed by atoms with van der Waals surface area (Å²) >= 11 is 3.51. The largest absolute Gasteiger partial charge is 0.385 e. The van der Waals surface area contributed by atoms with Gasteiger partial charge in [0.1, 0.15) is 0 Å². The summed E-state index contributed by atoms with van der Waals surface area (Å²) < 4.78 is 6.23. The predicted molar refractivity (Wildman–Crippen MR) is 83.4 cm³/mol. The van der Waals surface area contributed by atoms with E-state index in [1.54, 1.807) is 7.11 Å². The van der Waals surface area contributed by atoms with Crippen LogP contribution in [-0.2, 0) is 10.3 Å². The molecule has 0 radical (unpaired) electrons. The number of rotatable bonds is 8. The van der Waals surface area contributed by atoms with Crippen molar-refractivity contribution in [3.63, 3.8) is 0 Å². The van der Waals surface area contributed by atoms with Crippen molar-refractivity contribution in [1.29, 1.82) is 0 Å². The van der Waals surface area contributed by atoms with E-state index in [0.29, 0.717) is 0 Å². The molecule has 1 aromatic rings. The molecular weight excluding hydrogens is 302 g/mol. The van der Waals surface area contributed by atoms with Crippen LogP contribution in [0.2, 0.25) is 0 Å². The van der Waals surface area contributed by atoms with Crippen molar-refractivity contribution in [2.24, 2.45) is 0 Å². The van der Waals surface area contributed by atoms with Gasteiger partial charge in [-0.25, -0.2) is 0 Å². The first kappa shape index (κ1) is 15.0. The van der Waals surface area contributed by atoms with Crippen LogP contribution in [0.3, 0.4) is 0 Å². The Hall–Kier alpha value is -0.380. The zero-order valence-corrected chi connectivity index (χ0v) is 13.3. The quantitative estimate of drug-likeness (QED) is 0.722. The molecule has 1 fully saturated rings. The summed E-state index contributed by atoms with van der Waals surface area (Å²) in [5, 5.41) is 3.79. The molecule has 0 aromatic heterocycles. The summed E-state index contributed by atoms with van der Waals surface area (Å²) in [7, 11) is 1.77. The minimum Gasteiger partial charge on any atom is -0.385 e. The minimum absolute atomic E-state index is 0.252. The summed E-state index contributed by atoms with van der Waals surface area (Å²) in [4.78, 5) is 0. The normalized spacial score (nSPS) is 17.2. The Morgan fingerprint density at radius 3 is 2.47 bits per heavy atom. The second kappa shape index (κ2) is 7.41. The number of hydrogen-bond acceptors (Lipinski definition) is 2. The molecule has 1 aromatic carbocycles. The minimum atomic E-state index is 0.252. The van der Waals surface area contributed by atoms with Crippen LogP contribution in [0.25, 0.3) is 0 Å². The van der Waals surface area contributed by atoms with Gasteiger partial charge < -0.3 is 10.1 Å². The Morgan fingerprint density at radius 1 is 1.16 bits per heavy atom. The van der Waals surface area contributed by atoms with Gasteiger partial charge in [0.2, 0.25) is 0 Å². The van der Waals surface area contributed by atoms with E-state index >= 15 is 0 Å². The van der Waals surface area contributed by atoms with Crippen LogP contribution in [-0.4, -0.2) is 20.3 Å². The molecule has 0 aliphatic heterocycles. The first-order chi connectivity index (χ1) is 9.27. The van der Waals surface area contributed by atoms with Crippen LogP contribution in [0.15, 0.2) is 28.7 Å². The highest BCUT2D eigenvalue weighted by Crippen LogP contribution is 2.41. The van der Waals surface area contributed by atoms with Crippen LogP contribution in [0, 0.1) is 0 Å². The molecule has 0 saturated heterocycles. The van der Waals surface area contributed by atoms with Crippen molar-refractivity contribution >= 4 is 15.9 Å². The molecule has 3 heteroatoms. The van der Waals surface area contributed by atoms with Crippen molar-refractivity contribution in [3.05, 3.63) is 34.3 Å². The van der Waals surface area contributed by atoms with Crippen molar-refractivity contribution in [2.75, 3.05) is 20.3 Å². The number of ether oxygens (including phenoxy) is 1. The Bertz CT molecular complexity index is 373. The third kappa shape index (κ3) is 4.04. The Labute approximate surface area is 125 Å². The van der Waals surface area contributed by atoms with E-state index in [0.717, 1.165) is 17.6 Å². The van der Waals surface area contributed by atoms with E-state index < -0.39 is 0 Å². The molecule has 0 amide bonds. The van der Waals surface area contributed by atoms with Crippen LogP contribution in [0.4, 0.5) is 0 Å². The number of hydrogen-bond donors (Lipinski definition) is 1. The zero-order chi connectivity index (χ0) is 13.6. The van der Waals surface area contributed by atoms with Crippen molar-refractivity contribution in [2.45, 2.75) is 44.1 Å². The molecule has 0 heterocycles. The highest BCUT2D eigenvalue weighted by Gasteiger charge is 2.37. The van der Waals surface area contributed by atoms with Gasteiger partial charge in [0.05, 0.1) is 0 Å². The molecule has 2 nitrogen and oxygen atoms in total. The second-order valence-corrected chi connectivity index (χ2v) is 6.34. The lowest BCUT2D eigenvalue weighted by Gasteiger charge is -2.43. The molecule has 0 atom stereocenters. The van der Waals surface area contributed by atoms with Crippen LogP contribution in [0.1, 0.15) is 44.1 Å². The molecule has 19 heavy (non-hydrogen) atoms. The molecule has 1 aliphatic rings. The SMILES string of the molecule is COCCCCCNC1(c2ccc(Br)cc2)CCC1. The van der Waals surface area contributed by atoms with Crippen molar-refractivity contribution < 1.29 is 4.74 Å². The molecule has 0 spiro atoms. The second-order valence-electron chi connectivity index (χ2n) is 5.42.